The van der Waals surface area contributed by atoms with Crippen LogP contribution >= 0.6 is 0 Å². The normalized spacial score (nSPS) is 10.6. The third kappa shape index (κ3) is 1.20. The van der Waals surface area contributed by atoms with Gasteiger partial charge in [-0.2, -0.15) is 0 Å². The number of rotatable bonds is 1. The lowest BCUT2D eigenvalue weighted by atomic mass is 10.1. The number of oxazole rings is 1. The molecule has 4 heteroatoms. The van der Waals surface area contributed by atoms with Crippen molar-refractivity contribution >= 4 is 6.01 Å². The predicted octanol–water partition coefficient (Wildman–Crippen LogP) is 1.87. The summed E-state index contributed by atoms with van der Waals surface area (Å²) in [5, 5.41) is 0. The lowest BCUT2D eigenvalue weighted by Gasteiger charge is -1.95. The number of H-pyrrole nitrogens is 1. The van der Waals surface area contributed by atoms with Crippen molar-refractivity contribution in [2.45, 2.75) is 13.8 Å². The van der Waals surface area contributed by atoms with Crippen molar-refractivity contribution in [2.24, 2.45) is 0 Å². The smallest absolute Gasteiger partial charge is 0.292 e. The maximum Gasteiger partial charge on any atom is 0.292 e. The van der Waals surface area contributed by atoms with Crippen LogP contribution in [0.1, 0.15) is 11.3 Å². The van der Waals surface area contributed by atoms with Gasteiger partial charge in [0.15, 0.2) is 5.76 Å². The summed E-state index contributed by atoms with van der Waals surface area (Å²) in [6, 6.07) is 0.204. The molecule has 68 valence electrons. The number of hydrogen-bond donors (Lipinski definition) is 2. The zero-order valence-corrected chi connectivity index (χ0v) is 7.59. The van der Waals surface area contributed by atoms with Crippen molar-refractivity contribution in [3.63, 3.8) is 0 Å². The summed E-state index contributed by atoms with van der Waals surface area (Å²) in [4.78, 5) is 6.97. The highest BCUT2D eigenvalue weighted by molar-refractivity contribution is 5.64. The van der Waals surface area contributed by atoms with Gasteiger partial charge in [-0.1, -0.05) is 0 Å². The molecule has 3 N–H and O–H groups in total. The summed E-state index contributed by atoms with van der Waals surface area (Å²) in [5.41, 5.74) is 8.64. The second-order valence-corrected chi connectivity index (χ2v) is 3.03. The third-order valence-corrected chi connectivity index (χ3v) is 2.04. The SMILES string of the molecule is Cc1c[nH]c(C)c1-c1cnc(N)o1. The lowest BCUT2D eigenvalue weighted by molar-refractivity contribution is 0.594. The van der Waals surface area contributed by atoms with Crippen LogP contribution in [0.25, 0.3) is 11.3 Å². The summed E-state index contributed by atoms with van der Waals surface area (Å²) >= 11 is 0. The van der Waals surface area contributed by atoms with Gasteiger partial charge in [0.1, 0.15) is 0 Å². The fourth-order valence-electron chi connectivity index (χ4n) is 1.44. The zero-order valence-electron chi connectivity index (χ0n) is 7.59. The first-order chi connectivity index (χ1) is 6.18. The minimum absolute atomic E-state index is 0.204. The van der Waals surface area contributed by atoms with E-state index in [1.165, 1.54) is 0 Å². The van der Waals surface area contributed by atoms with E-state index < -0.39 is 0 Å². The van der Waals surface area contributed by atoms with E-state index in [0.29, 0.717) is 5.76 Å². The molecule has 0 amide bonds. The minimum atomic E-state index is 0.204. The number of nitrogen functional groups attached to an aromatic ring is 1. The molecule has 0 aliphatic rings. The average Bonchev–Trinajstić information content (AvgIpc) is 2.60. The Morgan fingerprint density at radius 2 is 2.23 bits per heavy atom. The quantitative estimate of drug-likeness (QED) is 0.698. The number of hydrogen-bond acceptors (Lipinski definition) is 3. The van der Waals surface area contributed by atoms with Crippen LogP contribution in [0.5, 0.6) is 0 Å². The topological polar surface area (TPSA) is 67.8 Å². The highest BCUT2D eigenvalue weighted by Gasteiger charge is 2.11. The Morgan fingerprint density at radius 1 is 1.46 bits per heavy atom. The van der Waals surface area contributed by atoms with Crippen LogP contribution < -0.4 is 5.73 Å². The van der Waals surface area contributed by atoms with Gasteiger partial charge >= 0.3 is 0 Å². The molecule has 0 radical (unpaired) electrons. The number of nitrogens with one attached hydrogen (secondary N) is 1. The van der Waals surface area contributed by atoms with Crippen molar-refractivity contribution in [3.8, 4) is 11.3 Å². The van der Waals surface area contributed by atoms with E-state index in [9.17, 15) is 0 Å². The van der Waals surface area contributed by atoms with Gasteiger partial charge in [-0.3, -0.25) is 0 Å². The van der Waals surface area contributed by atoms with Gasteiger partial charge in [0.25, 0.3) is 6.01 Å². The van der Waals surface area contributed by atoms with Crippen molar-refractivity contribution in [3.05, 3.63) is 23.7 Å². The van der Waals surface area contributed by atoms with Crippen molar-refractivity contribution < 1.29 is 4.42 Å². The molecule has 0 spiro atoms. The third-order valence-electron chi connectivity index (χ3n) is 2.04. The first-order valence-corrected chi connectivity index (χ1v) is 4.04. The van der Waals surface area contributed by atoms with Gasteiger partial charge in [0.2, 0.25) is 0 Å². The molecule has 0 aromatic carbocycles. The largest absolute Gasteiger partial charge is 0.424 e. The summed E-state index contributed by atoms with van der Waals surface area (Å²) in [6.45, 7) is 4.00. The Kier molecular flexibility index (Phi) is 1.62. The van der Waals surface area contributed by atoms with E-state index in [4.69, 9.17) is 10.2 Å². The molecule has 0 aliphatic carbocycles. The van der Waals surface area contributed by atoms with Crippen molar-refractivity contribution in [2.75, 3.05) is 5.73 Å². The van der Waals surface area contributed by atoms with E-state index in [0.717, 1.165) is 16.8 Å². The minimum Gasteiger partial charge on any atom is -0.424 e. The number of aromatic nitrogens is 2. The fraction of sp³-hybridized carbons (Fsp3) is 0.222. The molecule has 4 nitrogen and oxygen atoms in total. The highest BCUT2D eigenvalue weighted by atomic mass is 16.4. The molecule has 0 saturated heterocycles. The van der Waals surface area contributed by atoms with E-state index in [1.807, 2.05) is 20.0 Å². The Bertz CT molecular complexity index is 408. The van der Waals surface area contributed by atoms with Crippen LogP contribution in [0.4, 0.5) is 6.01 Å². The number of aryl methyl sites for hydroxylation is 2. The lowest BCUT2D eigenvalue weighted by Crippen LogP contribution is -1.80. The van der Waals surface area contributed by atoms with Gasteiger partial charge < -0.3 is 15.1 Å². The molecule has 0 saturated carbocycles. The molecule has 0 aliphatic heterocycles. The average molecular weight is 177 g/mol. The zero-order chi connectivity index (χ0) is 9.42. The molecule has 0 fully saturated rings. The van der Waals surface area contributed by atoms with Crippen molar-refractivity contribution in [1.82, 2.24) is 9.97 Å². The standard InChI is InChI=1S/C9H11N3O/c1-5-3-11-6(2)8(5)7-4-12-9(10)13-7/h3-4,11H,1-2H3,(H2,10,12). The predicted molar refractivity (Wildman–Crippen MR) is 50.2 cm³/mol. The molecule has 2 aromatic heterocycles. The van der Waals surface area contributed by atoms with Crippen LogP contribution in [0.2, 0.25) is 0 Å². The van der Waals surface area contributed by atoms with Gasteiger partial charge in [-0.15, -0.1) is 0 Å². The van der Waals surface area contributed by atoms with E-state index >= 15 is 0 Å². The first kappa shape index (κ1) is 7.91. The van der Waals surface area contributed by atoms with Gasteiger partial charge in [-0.25, -0.2) is 4.98 Å². The molecule has 2 rings (SSSR count). The number of aromatic amines is 1. The second-order valence-electron chi connectivity index (χ2n) is 3.03. The maximum absolute atomic E-state index is 5.40. The Labute approximate surface area is 75.8 Å². The maximum atomic E-state index is 5.40. The molecular weight excluding hydrogens is 166 g/mol. The summed E-state index contributed by atoms with van der Waals surface area (Å²) in [5.74, 6) is 0.716. The monoisotopic (exact) mass is 177 g/mol. The number of anilines is 1. The molecule has 0 atom stereocenters. The van der Waals surface area contributed by atoms with Crippen LogP contribution in [0.15, 0.2) is 16.8 Å². The van der Waals surface area contributed by atoms with E-state index in [-0.39, 0.29) is 6.01 Å². The van der Waals surface area contributed by atoms with Crippen LogP contribution in [-0.4, -0.2) is 9.97 Å². The summed E-state index contributed by atoms with van der Waals surface area (Å²) in [6.07, 6.45) is 3.57. The first-order valence-electron chi connectivity index (χ1n) is 4.04. The van der Waals surface area contributed by atoms with Crippen LogP contribution in [0.3, 0.4) is 0 Å². The molecular formula is C9H11N3O. The van der Waals surface area contributed by atoms with Crippen LogP contribution in [0, 0.1) is 13.8 Å². The number of nitrogens with two attached hydrogens (primary N) is 1. The number of nitrogens with zero attached hydrogens (tertiary/aromatic N) is 1. The Balaban J connectivity index is 2.57. The van der Waals surface area contributed by atoms with Crippen molar-refractivity contribution in [1.29, 1.82) is 0 Å². The molecule has 0 bridgehead atoms. The highest BCUT2D eigenvalue weighted by Crippen LogP contribution is 2.27. The second kappa shape index (κ2) is 2.65. The van der Waals surface area contributed by atoms with Gasteiger partial charge in [0.05, 0.1) is 6.20 Å². The summed E-state index contributed by atoms with van der Waals surface area (Å²) in [7, 11) is 0. The molecule has 0 unspecified atom stereocenters. The van der Waals surface area contributed by atoms with E-state index in [1.54, 1.807) is 6.20 Å². The fourth-order valence-corrected chi connectivity index (χ4v) is 1.44. The molecule has 2 aromatic rings. The van der Waals surface area contributed by atoms with Gasteiger partial charge in [-0.05, 0) is 19.4 Å². The Hall–Kier alpha value is -1.71. The molecule has 13 heavy (non-hydrogen) atoms. The Morgan fingerprint density at radius 3 is 2.69 bits per heavy atom. The molecule has 2 heterocycles. The van der Waals surface area contributed by atoms with Crippen LogP contribution in [-0.2, 0) is 0 Å². The van der Waals surface area contributed by atoms with E-state index in [2.05, 4.69) is 9.97 Å². The van der Waals surface area contributed by atoms with Gasteiger partial charge in [0, 0.05) is 17.5 Å². The summed E-state index contributed by atoms with van der Waals surface area (Å²) < 4.78 is 5.24.